The number of carbonyl (C=O) groups is 1. The Bertz CT molecular complexity index is 842. The van der Waals surface area contributed by atoms with Crippen LogP contribution in [0.15, 0.2) is 67.0 Å². The fourth-order valence-electron chi connectivity index (χ4n) is 2.60. The first-order chi connectivity index (χ1) is 12.1. The second-order valence-corrected chi connectivity index (χ2v) is 6.07. The number of aryl methyl sites for hydroxylation is 1. The molecule has 1 aromatic heterocycles. The highest BCUT2D eigenvalue weighted by Crippen LogP contribution is 2.10. The molecule has 2 aromatic carbocycles. The third-order valence-corrected chi connectivity index (χ3v) is 4.12. The molecule has 0 fully saturated rings. The molecular formula is C20H22N4O. The number of benzene rings is 2. The predicted molar refractivity (Wildman–Crippen MR) is 98.4 cm³/mol. The van der Waals surface area contributed by atoms with Gasteiger partial charge in [-0.3, -0.25) is 0 Å². The maximum absolute atomic E-state index is 12.3. The van der Waals surface area contributed by atoms with Crippen molar-refractivity contribution in [3.63, 3.8) is 0 Å². The summed E-state index contributed by atoms with van der Waals surface area (Å²) in [6.45, 7) is 3.09. The van der Waals surface area contributed by atoms with Crippen molar-refractivity contribution >= 4 is 6.03 Å². The summed E-state index contributed by atoms with van der Waals surface area (Å²) >= 11 is 0. The minimum Gasteiger partial charge on any atom is -0.334 e. The van der Waals surface area contributed by atoms with Crippen molar-refractivity contribution in [1.29, 1.82) is 0 Å². The quantitative estimate of drug-likeness (QED) is 0.776. The maximum atomic E-state index is 12.3. The van der Waals surface area contributed by atoms with Crippen LogP contribution in [0.25, 0.3) is 5.69 Å². The van der Waals surface area contributed by atoms with Crippen LogP contribution in [0.1, 0.15) is 16.7 Å². The van der Waals surface area contributed by atoms with Gasteiger partial charge in [-0.1, -0.05) is 42.5 Å². The van der Waals surface area contributed by atoms with Gasteiger partial charge in [0.1, 0.15) is 0 Å². The molecule has 0 atom stereocenters. The van der Waals surface area contributed by atoms with E-state index in [-0.39, 0.29) is 6.03 Å². The number of nitrogens with one attached hydrogen (secondary N) is 1. The van der Waals surface area contributed by atoms with Crippen LogP contribution >= 0.6 is 0 Å². The largest absolute Gasteiger partial charge is 0.334 e. The van der Waals surface area contributed by atoms with E-state index in [1.807, 2.05) is 54.7 Å². The van der Waals surface area contributed by atoms with Gasteiger partial charge in [0.2, 0.25) is 0 Å². The molecule has 0 aliphatic carbocycles. The number of aromatic nitrogens is 2. The zero-order valence-electron chi connectivity index (χ0n) is 14.5. The number of carbonyl (C=O) groups excluding carboxylic acids is 1. The minimum absolute atomic E-state index is 0.101. The van der Waals surface area contributed by atoms with Gasteiger partial charge in [0, 0.05) is 31.9 Å². The van der Waals surface area contributed by atoms with Crippen molar-refractivity contribution in [1.82, 2.24) is 20.0 Å². The molecule has 0 saturated carbocycles. The molecule has 5 heteroatoms. The summed E-state index contributed by atoms with van der Waals surface area (Å²) in [6.07, 6.45) is 3.70. The summed E-state index contributed by atoms with van der Waals surface area (Å²) in [4.78, 5) is 14.0. The third-order valence-electron chi connectivity index (χ3n) is 4.12. The SMILES string of the molecule is Cc1ccccc1CN(C)C(=O)NCc1cnn(-c2ccccc2)c1. The lowest BCUT2D eigenvalue weighted by atomic mass is 10.1. The van der Waals surface area contributed by atoms with Crippen LogP contribution in [-0.2, 0) is 13.1 Å². The lowest BCUT2D eigenvalue weighted by Gasteiger charge is -2.19. The Kier molecular flexibility index (Phi) is 5.14. The molecule has 25 heavy (non-hydrogen) atoms. The van der Waals surface area contributed by atoms with Crippen molar-refractivity contribution in [2.24, 2.45) is 0 Å². The lowest BCUT2D eigenvalue weighted by Crippen LogP contribution is -2.36. The molecule has 1 N–H and O–H groups in total. The van der Waals surface area contributed by atoms with Crippen molar-refractivity contribution < 1.29 is 4.79 Å². The Morgan fingerprint density at radius 2 is 1.84 bits per heavy atom. The van der Waals surface area contributed by atoms with E-state index < -0.39 is 0 Å². The summed E-state index contributed by atoms with van der Waals surface area (Å²) in [5.74, 6) is 0. The van der Waals surface area contributed by atoms with Crippen molar-refractivity contribution in [3.8, 4) is 5.69 Å². The molecule has 0 bridgehead atoms. The van der Waals surface area contributed by atoms with Crippen LogP contribution in [0.2, 0.25) is 0 Å². The number of urea groups is 1. The zero-order chi connectivity index (χ0) is 17.6. The van der Waals surface area contributed by atoms with Crippen LogP contribution < -0.4 is 5.32 Å². The summed E-state index contributed by atoms with van der Waals surface area (Å²) in [5, 5.41) is 7.28. The molecule has 3 aromatic rings. The van der Waals surface area contributed by atoms with Gasteiger partial charge < -0.3 is 10.2 Å². The maximum Gasteiger partial charge on any atom is 0.317 e. The van der Waals surface area contributed by atoms with Gasteiger partial charge >= 0.3 is 6.03 Å². The van der Waals surface area contributed by atoms with E-state index >= 15 is 0 Å². The number of amides is 2. The number of nitrogens with zero attached hydrogens (tertiary/aromatic N) is 3. The number of rotatable bonds is 5. The molecule has 0 unspecified atom stereocenters. The van der Waals surface area contributed by atoms with Gasteiger partial charge in [-0.25, -0.2) is 9.48 Å². The summed E-state index contributed by atoms with van der Waals surface area (Å²) in [5.41, 5.74) is 4.29. The molecular weight excluding hydrogens is 312 g/mol. The minimum atomic E-state index is -0.101. The summed E-state index contributed by atoms with van der Waals surface area (Å²) < 4.78 is 1.80. The van der Waals surface area contributed by atoms with E-state index in [4.69, 9.17) is 0 Å². The fourth-order valence-corrected chi connectivity index (χ4v) is 2.60. The molecule has 128 valence electrons. The fraction of sp³-hybridized carbons (Fsp3) is 0.200. The summed E-state index contributed by atoms with van der Waals surface area (Å²) in [7, 11) is 1.80. The van der Waals surface area contributed by atoms with Crippen molar-refractivity contribution in [2.75, 3.05) is 7.05 Å². The first-order valence-electron chi connectivity index (χ1n) is 8.26. The first-order valence-corrected chi connectivity index (χ1v) is 8.26. The first kappa shape index (κ1) is 16.8. The molecule has 3 rings (SSSR count). The van der Waals surface area contributed by atoms with E-state index in [9.17, 15) is 4.79 Å². The topological polar surface area (TPSA) is 50.2 Å². The van der Waals surface area contributed by atoms with Gasteiger partial charge in [0.25, 0.3) is 0 Å². The van der Waals surface area contributed by atoms with E-state index in [0.717, 1.165) is 16.8 Å². The van der Waals surface area contributed by atoms with E-state index in [2.05, 4.69) is 23.4 Å². The van der Waals surface area contributed by atoms with Crippen LogP contribution in [0, 0.1) is 6.92 Å². The third kappa shape index (κ3) is 4.26. The highest BCUT2D eigenvalue weighted by molar-refractivity contribution is 5.73. The average molecular weight is 334 g/mol. The van der Waals surface area contributed by atoms with Gasteiger partial charge in [0.15, 0.2) is 0 Å². The normalized spacial score (nSPS) is 10.5. The second-order valence-electron chi connectivity index (χ2n) is 6.07. The molecule has 0 radical (unpaired) electrons. The number of hydrogen-bond donors (Lipinski definition) is 1. The molecule has 0 saturated heterocycles. The molecule has 1 heterocycles. The van der Waals surface area contributed by atoms with Gasteiger partial charge in [-0.05, 0) is 30.2 Å². The Morgan fingerprint density at radius 3 is 2.60 bits per heavy atom. The molecule has 0 spiro atoms. The molecule has 5 nitrogen and oxygen atoms in total. The van der Waals surface area contributed by atoms with Crippen molar-refractivity contribution in [3.05, 3.63) is 83.7 Å². The van der Waals surface area contributed by atoms with E-state index in [1.54, 1.807) is 22.8 Å². The monoisotopic (exact) mass is 334 g/mol. The van der Waals surface area contributed by atoms with E-state index in [0.29, 0.717) is 13.1 Å². The Labute approximate surface area is 147 Å². The standard InChI is InChI=1S/C20H22N4O/c1-16-8-6-7-9-18(16)15-23(2)20(25)21-12-17-13-22-24(14-17)19-10-4-3-5-11-19/h3-11,13-14H,12,15H2,1-2H3,(H,21,25). The van der Waals surface area contributed by atoms with E-state index in [1.165, 1.54) is 5.56 Å². The predicted octanol–water partition coefficient (Wildman–Crippen LogP) is 3.52. The Balaban J connectivity index is 1.55. The van der Waals surface area contributed by atoms with Crippen LogP contribution in [0.4, 0.5) is 4.79 Å². The van der Waals surface area contributed by atoms with Crippen LogP contribution in [0.3, 0.4) is 0 Å². The lowest BCUT2D eigenvalue weighted by molar-refractivity contribution is 0.206. The zero-order valence-corrected chi connectivity index (χ0v) is 14.5. The highest BCUT2D eigenvalue weighted by atomic mass is 16.2. The number of para-hydroxylation sites is 1. The highest BCUT2D eigenvalue weighted by Gasteiger charge is 2.10. The summed E-state index contributed by atoms with van der Waals surface area (Å²) in [6, 6.07) is 17.9. The molecule has 0 aliphatic heterocycles. The van der Waals surface area contributed by atoms with Crippen LogP contribution in [0.5, 0.6) is 0 Å². The molecule has 0 aliphatic rings. The second kappa shape index (κ2) is 7.66. The molecule has 2 amide bonds. The van der Waals surface area contributed by atoms with Gasteiger partial charge in [0.05, 0.1) is 11.9 Å². The smallest absolute Gasteiger partial charge is 0.317 e. The van der Waals surface area contributed by atoms with Gasteiger partial charge in [-0.2, -0.15) is 5.10 Å². The Hall–Kier alpha value is -3.08. The number of hydrogen-bond acceptors (Lipinski definition) is 2. The average Bonchev–Trinajstić information content (AvgIpc) is 3.11. The van der Waals surface area contributed by atoms with Gasteiger partial charge in [-0.15, -0.1) is 0 Å². The Morgan fingerprint density at radius 1 is 1.12 bits per heavy atom. The van der Waals surface area contributed by atoms with Crippen LogP contribution in [-0.4, -0.2) is 27.8 Å². The van der Waals surface area contributed by atoms with Crippen molar-refractivity contribution in [2.45, 2.75) is 20.0 Å².